The molecule has 0 aromatic heterocycles. The molecular formula is C19H21FN2. The number of benzene rings is 2. The van der Waals surface area contributed by atoms with E-state index in [-0.39, 0.29) is 5.82 Å². The minimum absolute atomic E-state index is 0.210. The topological polar surface area (TPSA) is 24.4 Å². The second-order valence-electron chi connectivity index (χ2n) is 5.41. The Kier molecular flexibility index (Phi) is 4.76. The average Bonchev–Trinajstić information content (AvgIpc) is 2.46. The summed E-state index contributed by atoms with van der Waals surface area (Å²) in [5.41, 5.74) is 6.36. The Balaban J connectivity index is 2.36. The van der Waals surface area contributed by atoms with Crippen LogP contribution in [0, 0.1) is 26.6 Å². The third kappa shape index (κ3) is 3.42. The first-order valence-electron chi connectivity index (χ1n) is 7.24. The predicted molar refractivity (Wildman–Crippen MR) is 93.5 cm³/mol. The highest BCUT2D eigenvalue weighted by molar-refractivity contribution is 5.83. The summed E-state index contributed by atoms with van der Waals surface area (Å²) in [7, 11) is 0. The van der Waals surface area contributed by atoms with Crippen molar-refractivity contribution in [2.45, 2.75) is 27.7 Å². The van der Waals surface area contributed by atoms with Gasteiger partial charge in [0.2, 0.25) is 0 Å². The van der Waals surface area contributed by atoms with E-state index in [9.17, 15) is 4.39 Å². The second kappa shape index (κ2) is 6.56. The van der Waals surface area contributed by atoms with Crippen LogP contribution in [0.1, 0.15) is 29.2 Å². The van der Waals surface area contributed by atoms with Crippen molar-refractivity contribution < 1.29 is 4.39 Å². The summed E-state index contributed by atoms with van der Waals surface area (Å²) in [6, 6.07) is 9.05. The molecule has 0 amide bonds. The van der Waals surface area contributed by atoms with Crippen molar-refractivity contribution >= 4 is 23.3 Å². The van der Waals surface area contributed by atoms with E-state index < -0.39 is 0 Å². The number of hydrogen-bond acceptors (Lipinski definition) is 2. The molecule has 1 N–H and O–H groups in total. The maximum atomic E-state index is 13.4. The zero-order valence-corrected chi connectivity index (χ0v) is 13.5. The summed E-state index contributed by atoms with van der Waals surface area (Å²) in [6.07, 6.45) is 1.77. The zero-order chi connectivity index (χ0) is 16.3. The van der Waals surface area contributed by atoms with Crippen LogP contribution in [0.25, 0.3) is 5.70 Å². The van der Waals surface area contributed by atoms with Crippen LogP contribution in [0.4, 0.5) is 15.8 Å². The zero-order valence-electron chi connectivity index (χ0n) is 13.5. The van der Waals surface area contributed by atoms with E-state index in [0.717, 1.165) is 22.6 Å². The van der Waals surface area contributed by atoms with Crippen molar-refractivity contribution in [2.24, 2.45) is 4.99 Å². The lowest BCUT2D eigenvalue weighted by Crippen LogP contribution is -2.00. The molecule has 2 aromatic carbocycles. The van der Waals surface area contributed by atoms with Gasteiger partial charge in [0.05, 0.1) is 5.69 Å². The summed E-state index contributed by atoms with van der Waals surface area (Å²) < 4.78 is 13.4. The van der Waals surface area contributed by atoms with E-state index in [4.69, 9.17) is 0 Å². The van der Waals surface area contributed by atoms with Crippen LogP contribution < -0.4 is 5.32 Å². The van der Waals surface area contributed by atoms with E-state index in [1.165, 1.54) is 17.2 Å². The van der Waals surface area contributed by atoms with E-state index in [1.807, 2.05) is 13.0 Å². The van der Waals surface area contributed by atoms with Gasteiger partial charge in [0.15, 0.2) is 0 Å². The highest BCUT2D eigenvalue weighted by Gasteiger charge is 2.09. The molecule has 0 atom stereocenters. The maximum absolute atomic E-state index is 13.4. The maximum Gasteiger partial charge on any atom is 0.126 e. The van der Waals surface area contributed by atoms with Crippen LogP contribution in [-0.4, -0.2) is 6.21 Å². The first-order chi connectivity index (χ1) is 10.4. The van der Waals surface area contributed by atoms with E-state index in [2.05, 4.69) is 36.8 Å². The number of aliphatic imine (C=N–C) groups is 1. The summed E-state index contributed by atoms with van der Waals surface area (Å²) in [5.74, 6) is -0.210. The van der Waals surface area contributed by atoms with Gasteiger partial charge in [-0.3, -0.25) is 4.99 Å². The van der Waals surface area contributed by atoms with Crippen molar-refractivity contribution in [3.8, 4) is 0 Å². The molecule has 3 heteroatoms. The number of halogens is 1. The molecule has 0 spiro atoms. The molecule has 0 saturated heterocycles. The van der Waals surface area contributed by atoms with Crippen molar-refractivity contribution in [3.63, 3.8) is 0 Å². The Bertz CT molecular complexity index is 745. The molecule has 0 bridgehead atoms. The third-order valence-electron chi connectivity index (χ3n) is 3.66. The fourth-order valence-corrected chi connectivity index (χ4v) is 2.25. The molecule has 2 aromatic rings. The number of nitrogens with one attached hydrogen (secondary N) is 1. The Hall–Kier alpha value is -2.42. The second-order valence-corrected chi connectivity index (χ2v) is 5.41. The molecule has 0 fully saturated rings. The van der Waals surface area contributed by atoms with Crippen LogP contribution in [0.15, 0.2) is 41.9 Å². The van der Waals surface area contributed by atoms with Gasteiger partial charge >= 0.3 is 0 Å². The highest BCUT2D eigenvalue weighted by Crippen LogP contribution is 2.30. The van der Waals surface area contributed by atoms with Crippen LogP contribution in [0.2, 0.25) is 0 Å². The normalized spacial score (nSPS) is 11.0. The SMILES string of the molecule is C=C(Nc1ccc(F)c(C)c1)c1cc(C)c(C)cc1N=CC. The molecule has 0 saturated carbocycles. The van der Waals surface area contributed by atoms with Crippen LogP contribution >= 0.6 is 0 Å². The lowest BCUT2D eigenvalue weighted by Gasteiger charge is -2.15. The standard InChI is InChI=1S/C19H21FN2/c1-6-21-19-11-13(3)12(2)10-17(19)15(5)22-16-7-8-18(20)14(4)9-16/h6-11,22H,5H2,1-4H3. The lowest BCUT2D eigenvalue weighted by atomic mass is 10.0. The molecule has 2 nitrogen and oxygen atoms in total. The van der Waals surface area contributed by atoms with Crippen LogP contribution in [0.5, 0.6) is 0 Å². The molecule has 114 valence electrons. The van der Waals surface area contributed by atoms with Gasteiger partial charge in [0.1, 0.15) is 5.82 Å². The molecule has 22 heavy (non-hydrogen) atoms. The quantitative estimate of drug-likeness (QED) is 0.734. The number of anilines is 1. The van der Waals surface area contributed by atoms with Crippen molar-refractivity contribution in [3.05, 3.63) is 65.0 Å². The smallest absolute Gasteiger partial charge is 0.126 e. The van der Waals surface area contributed by atoms with Crippen molar-refractivity contribution in [1.29, 1.82) is 0 Å². The first-order valence-corrected chi connectivity index (χ1v) is 7.24. The first kappa shape index (κ1) is 16.0. The fraction of sp³-hybridized carbons (Fsp3) is 0.211. The van der Waals surface area contributed by atoms with Crippen molar-refractivity contribution in [1.82, 2.24) is 0 Å². The third-order valence-corrected chi connectivity index (χ3v) is 3.66. The summed E-state index contributed by atoms with van der Waals surface area (Å²) in [6.45, 7) is 11.9. The molecule has 2 rings (SSSR count). The minimum atomic E-state index is -0.210. The minimum Gasteiger partial charge on any atom is -0.355 e. The molecule has 0 unspecified atom stereocenters. The van der Waals surface area contributed by atoms with E-state index >= 15 is 0 Å². The highest BCUT2D eigenvalue weighted by atomic mass is 19.1. The monoisotopic (exact) mass is 296 g/mol. The lowest BCUT2D eigenvalue weighted by molar-refractivity contribution is 0.619. The Morgan fingerprint density at radius 2 is 1.77 bits per heavy atom. The molecule has 0 aliphatic rings. The Labute approximate surface area is 131 Å². The van der Waals surface area contributed by atoms with Gasteiger partial charge in [-0.1, -0.05) is 6.58 Å². The van der Waals surface area contributed by atoms with E-state index in [1.54, 1.807) is 25.3 Å². The number of aryl methyl sites for hydroxylation is 3. The van der Waals surface area contributed by atoms with Crippen LogP contribution in [-0.2, 0) is 0 Å². The Morgan fingerprint density at radius 1 is 1.09 bits per heavy atom. The number of hydrogen-bond donors (Lipinski definition) is 1. The van der Waals surface area contributed by atoms with Gasteiger partial charge in [-0.05, 0) is 74.7 Å². The largest absolute Gasteiger partial charge is 0.355 e. The van der Waals surface area contributed by atoms with Gasteiger partial charge in [0.25, 0.3) is 0 Å². The molecule has 0 heterocycles. The molecule has 0 radical (unpaired) electrons. The summed E-state index contributed by atoms with van der Waals surface area (Å²) in [4.78, 5) is 4.42. The van der Waals surface area contributed by atoms with Gasteiger partial charge in [-0.2, -0.15) is 0 Å². The fourth-order valence-electron chi connectivity index (χ4n) is 2.25. The van der Waals surface area contributed by atoms with E-state index in [0.29, 0.717) is 5.56 Å². The van der Waals surface area contributed by atoms with Gasteiger partial charge in [-0.15, -0.1) is 0 Å². The number of rotatable bonds is 4. The van der Waals surface area contributed by atoms with Gasteiger partial charge in [-0.25, -0.2) is 4.39 Å². The van der Waals surface area contributed by atoms with Gasteiger partial charge in [0, 0.05) is 23.2 Å². The van der Waals surface area contributed by atoms with Crippen LogP contribution in [0.3, 0.4) is 0 Å². The average molecular weight is 296 g/mol. The molecule has 0 aliphatic carbocycles. The summed E-state index contributed by atoms with van der Waals surface area (Å²) in [5, 5.41) is 3.24. The molecular weight excluding hydrogens is 275 g/mol. The summed E-state index contributed by atoms with van der Waals surface area (Å²) >= 11 is 0. The van der Waals surface area contributed by atoms with Gasteiger partial charge < -0.3 is 5.32 Å². The Morgan fingerprint density at radius 3 is 2.41 bits per heavy atom. The predicted octanol–water partition coefficient (Wildman–Crippen LogP) is 5.56. The molecule has 0 aliphatic heterocycles. The van der Waals surface area contributed by atoms with Crippen molar-refractivity contribution in [2.75, 3.05) is 5.32 Å². The number of nitrogens with zero attached hydrogens (tertiary/aromatic N) is 1.